The second-order valence-electron chi connectivity index (χ2n) is 5.94. The predicted molar refractivity (Wildman–Crippen MR) is 68.4 cm³/mol. The molecule has 1 spiro atoms. The standard InChI is InChI=1S/C14H23NO4/c16-12-3-7-15(8-4-12)13(17)11-1-5-14(6-2-11)18-9-10-19-14/h11-12,16H,1-10H2. The van der Waals surface area contributed by atoms with Gasteiger partial charge in [-0.05, 0) is 25.7 Å². The van der Waals surface area contributed by atoms with Gasteiger partial charge >= 0.3 is 0 Å². The van der Waals surface area contributed by atoms with Crippen molar-refractivity contribution in [1.29, 1.82) is 0 Å². The van der Waals surface area contributed by atoms with Crippen LogP contribution in [0.15, 0.2) is 0 Å². The van der Waals surface area contributed by atoms with Crippen LogP contribution in [0.2, 0.25) is 0 Å². The van der Waals surface area contributed by atoms with Gasteiger partial charge in [0.05, 0.1) is 19.3 Å². The molecular formula is C14H23NO4. The summed E-state index contributed by atoms with van der Waals surface area (Å²) in [6.07, 6.45) is 4.60. The summed E-state index contributed by atoms with van der Waals surface area (Å²) in [7, 11) is 0. The fraction of sp³-hybridized carbons (Fsp3) is 0.929. The minimum atomic E-state index is -0.380. The third-order valence-electron chi connectivity index (χ3n) is 4.69. The normalized spacial score (nSPS) is 29.0. The molecular weight excluding hydrogens is 246 g/mol. The van der Waals surface area contributed by atoms with E-state index in [-0.39, 0.29) is 23.7 Å². The molecule has 0 aromatic carbocycles. The maximum Gasteiger partial charge on any atom is 0.225 e. The Labute approximate surface area is 113 Å². The van der Waals surface area contributed by atoms with Gasteiger partial charge < -0.3 is 19.5 Å². The molecule has 1 N–H and O–H groups in total. The minimum absolute atomic E-state index is 0.119. The molecule has 0 aromatic heterocycles. The number of carbonyl (C=O) groups excluding carboxylic acids is 1. The van der Waals surface area contributed by atoms with Gasteiger partial charge in [0.2, 0.25) is 5.91 Å². The molecule has 3 aliphatic rings. The maximum absolute atomic E-state index is 12.4. The SMILES string of the molecule is O=C(C1CCC2(CC1)OCCO2)N1CCC(O)CC1. The molecule has 1 saturated carbocycles. The summed E-state index contributed by atoms with van der Waals surface area (Å²) >= 11 is 0. The minimum Gasteiger partial charge on any atom is -0.393 e. The van der Waals surface area contributed by atoms with E-state index < -0.39 is 0 Å². The number of rotatable bonds is 1. The van der Waals surface area contributed by atoms with Crippen molar-refractivity contribution in [3.63, 3.8) is 0 Å². The Morgan fingerprint density at radius 3 is 2.21 bits per heavy atom. The Kier molecular flexibility index (Phi) is 3.78. The van der Waals surface area contributed by atoms with Crippen LogP contribution >= 0.6 is 0 Å². The quantitative estimate of drug-likeness (QED) is 0.768. The van der Waals surface area contributed by atoms with E-state index in [1.807, 2.05) is 4.90 Å². The number of nitrogens with zero attached hydrogens (tertiary/aromatic N) is 1. The van der Waals surface area contributed by atoms with Crippen LogP contribution in [-0.2, 0) is 14.3 Å². The second kappa shape index (κ2) is 5.38. The number of aliphatic hydroxyl groups excluding tert-OH is 1. The Hall–Kier alpha value is -0.650. The number of amides is 1. The number of aliphatic hydroxyl groups is 1. The Morgan fingerprint density at radius 1 is 1.05 bits per heavy atom. The number of carbonyl (C=O) groups is 1. The average molecular weight is 269 g/mol. The van der Waals surface area contributed by atoms with E-state index in [0.717, 1.165) is 25.7 Å². The summed E-state index contributed by atoms with van der Waals surface area (Å²) in [5, 5.41) is 9.49. The number of likely N-dealkylation sites (tertiary alicyclic amines) is 1. The maximum atomic E-state index is 12.4. The number of hydrogen-bond donors (Lipinski definition) is 1. The van der Waals surface area contributed by atoms with Gasteiger partial charge in [0.25, 0.3) is 0 Å². The van der Waals surface area contributed by atoms with E-state index in [9.17, 15) is 9.90 Å². The van der Waals surface area contributed by atoms with Gasteiger partial charge in [0.1, 0.15) is 0 Å². The lowest BCUT2D eigenvalue weighted by molar-refractivity contribution is -0.185. The first-order valence-electron chi connectivity index (χ1n) is 7.43. The van der Waals surface area contributed by atoms with Crippen molar-refractivity contribution in [2.45, 2.75) is 50.4 Å². The lowest BCUT2D eigenvalue weighted by atomic mass is 9.84. The van der Waals surface area contributed by atoms with Crippen LogP contribution in [0.5, 0.6) is 0 Å². The Morgan fingerprint density at radius 2 is 1.63 bits per heavy atom. The molecule has 2 heterocycles. The zero-order chi connectivity index (χ0) is 13.3. The van der Waals surface area contributed by atoms with E-state index in [1.165, 1.54) is 0 Å². The summed E-state index contributed by atoms with van der Waals surface area (Å²) in [5.41, 5.74) is 0. The first kappa shape index (κ1) is 13.3. The topological polar surface area (TPSA) is 59.0 Å². The van der Waals surface area contributed by atoms with Gasteiger partial charge in [-0.25, -0.2) is 0 Å². The summed E-state index contributed by atoms with van der Waals surface area (Å²) in [5.74, 6) is 0.00270. The van der Waals surface area contributed by atoms with Crippen molar-refractivity contribution < 1.29 is 19.4 Å². The third-order valence-corrected chi connectivity index (χ3v) is 4.69. The first-order valence-corrected chi connectivity index (χ1v) is 7.43. The molecule has 1 amide bonds. The lowest BCUT2D eigenvalue weighted by Crippen LogP contribution is -2.45. The molecule has 0 atom stereocenters. The zero-order valence-corrected chi connectivity index (χ0v) is 11.3. The van der Waals surface area contributed by atoms with Crippen molar-refractivity contribution in [2.75, 3.05) is 26.3 Å². The molecule has 108 valence electrons. The highest BCUT2D eigenvalue weighted by Gasteiger charge is 2.42. The van der Waals surface area contributed by atoms with Crippen molar-refractivity contribution in [1.82, 2.24) is 4.90 Å². The van der Waals surface area contributed by atoms with Gasteiger partial charge in [0, 0.05) is 31.8 Å². The van der Waals surface area contributed by atoms with E-state index >= 15 is 0 Å². The Balaban J connectivity index is 1.52. The molecule has 2 aliphatic heterocycles. The van der Waals surface area contributed by atoms with Crippen LogP contribution in [0.1, 0.15) is 38.5 Å². The third kappa shape index (κ3) is 2.78. The molecule has 5 nitrogen and oxygen atoms in total. The highest BCUT2D eigenvalue weighted by atomic mass is 16.7. The van der Waals surface area contributed by atoms with Crippen LogP contribution in [0, 0.1) is 5.92 Å². The molecule has 1 aliphatic carbocycles. The Bertz CT molecular complexity index is 322. The molecule has 0 bridgehead atoms. The van der Waals surface area contributed by atoms with Crippen molar-refractivity contribution >= 4 is 5.91 Å². The zero-order valence-electron chi connectivity index (χ0n) is 11.3. The number of ether oxygens (including phenoxy) is 2. The first-order chi connectivity index (χ1) is 9.19. The van der Waals surface area contributed by atoms with Crippen molar-refractivity contribution in [2.24, 2.45) is 5.92 Å². The molecule has 3 rings (SSSR count). The van der Waals surface area contributed by atoms with E-state index in [4.69, 9.17) is 9.47 Å². The fourth-order valence-electron chi connectivity index (χ4n) is 3.43. The van der Waals surface area contributed by atoms with Gasteiger partial charge in [-0.1, -0.05) is 0 Å². The van der Waals surface area contributed by atoms with Gasteiger partial charge in [-0.2, -0.15) is 0 Å². The molecule has 5 heteroatoms. The van der Waals surface area contributed by atoms with Crippen LogP contribution in [-0.4, -0.2) is 54.1 Å². The second-order valence-corrected chi connectivity index (χ2v) is 5.94. The molecule has 0 unspecified atom stereocenters. The van der Waals surface area contributed by atoms with E-state index in [1.54, 1.807) is 0 Å². The summed E-state index contributed by atoms with van der Waals surface area (Å²) < 4.78 is 11.4. The molecule has 19 heavy (non-hydrogen) atoms. The van der Waals surface area contributed by atoms with Crippen LogP contribution < -0.4 is 0 Å². The smallest absolute Gasteiger partial charge is 0.225 e. The van der Waals surface area contributed by atoms with Crippen LogP contribution in [0.25, 0.3) is 0 Å². The van der Waals surface area contributed by atoms with Gasteiger partial charge in [0.15, 0.2) is 5.79 Å². The monoisotopic (exact) mass is 269 g/mol. The van der Waals surface area contributed by atoms with Crippen molar-refractivity contribution in [3.05, 3.63) is 0 Å². The summed E-state index contributed by atoms with van der Waals surface area (Å²) in [6.45, 7) is 2.77. The summed E-state index contributed by atoms with van der Waals surface area (Å²) in [6, 6.07) is 0. The molecule has 3 fully saturated rings. The van der Waals surface area contributed by atoms with Gasteiger partial charge in [-0.3, -0.25) is 4.79 Å². The summed E-state index contributed by atoms with van der Waals surface area (Å²) in [4.78, 5) is 14.3. The molecule has 0 radical (unpaired) electrons. The van der Waals surface area contributed by atoms with E-state index in [0.29, 0.717) is 39.1 Å². The van der Waals surface area contributed by atoms with Gasteiger partial charge in [-0.15, -0.1) is 0 Å². The van der Waals surface area contributed by atoms with Crippen molar-refractivity contribution in [3.8, 4) is 0 Å². The van der Waals surface area contributed by atoms with Crippen LogP contribution in [0.4, 0.5) is 0 Å². The predicted octanol–water partition coefficient (Wildman–Crippen LogP) is 0.903. The highest BCUT2D eigenvalue weighted by Crippen LogP contribution is 2.39. The number of hydrogen-bond acceptors (Lipinski definition) is 4. The largest absolute Gasteiger partial charge is 0.393 e. The number of piperidine rings is 1. The van der Waals surface area contributed by atoms with Crippen LogP contribution in [0.3, 0.4) is 0 Å². The average Bonchev–Trinajstić information content (AvgIpc) is 2.88. The fourth-order valence-corrected chi connectivity index (χ4v) is 3.43. The van der Waals surface area contributed by atoms with E-state index in [2.05, 4.69) is 0 Å². The molecule has 0 aromatic rings. The lowest BCUT2D eigenvalue weighted by Gasteiger charge is -2.38. The molecule has 2 saturated heterocycles. The highest BCUT2D eigenvalue weighted by molar-refractivity contribution is 5.79.